The van der Waals surface area contributed by atoms with Crippen LogP contribution in [0.3, 0.4) is 0 Å². The number of nitrogens with one attached hydrogen (secondary N) is 1. The van der Waals surface area contributed by atoms with E-state index in [0.717, 1.165) is 18.9 Å². The molecule has 0 aliphatic carbocycles. The molecule has 0 aliphatic heterocycles. The van der Waals surface area contributed by atoms with Crippen molar-refractivity contribution in [3.63, 3.8) is 0 Å². The Morgan fingerprint density at radius 1 is 1.29 bits per heavy atom. The summed E-state index contributed by atoms with van der Waals surface area (Å²) < 4.78 is 5.66. The minimum Gasteiger partial charge on any atom is -0.493 e. The molecule has 0 saturated carbocycles. The zero-order valence-corrected chi connectivity index (χ0v) is 10.9. The Hall–Kier alpha value is -1.06. The van der Waals surface area contributed by atoms with Gasteiger partial charge in [-0.05, 0) is 30.5 Å². The lowest BCUT2D eigenvalue weighted by molar-refractivity contribution is 0.191. The van der Waals surface area contributed by atoms with E-state index in [1.54, 1.807) is 6.92 Å². The van der Waals surface area contributed by atoms with E-state index in [0.29, 0.717) is 12.5 Å². The minimum atomic E-state index is -0.310. The van der Waals surface area contributed by atoms with Gasteiger partial charge in [-0.25, -0.2) is 0 Å². The van der Waals surface area contributed by atoms with Crippen LogP contribution in [0.1, 0.15) is 26.3 Å². The molecule has 2 N–H and O–H groups in total. The molecule has 1 aromatic rings. The maximum absolute atomic E-state index is 9.14. The van der Waals surface area contributed by atoms with Gasteiger partial charge in [-0.2, -0.15) is 0 Å². The van der Waals surface area contributed by atoms with Gasteiger partial charge in [0.05, 0.1) is 12.7 Å². The molecule has 1 atom stereocenters. The number of hydrogen-bond acceptors (Lipinski definition) is 3. The van der Waals surface area contributed by atoms with Gasteiger partial charge >= 0.3 is 0 Å². The number of aliphatic hydroxyl groups excluding tert-OH is 1. The molecular formula is C14H23NO2. The first-order valence-electron chi connectivity index (χ1n) is 6.18. The third-order valence-electron chi connectivity index (χ3n) is 2.25. The van der Waals surface area contributed by atoms with Gasteiger partial charge in [0.1, 0.15) is 5.75 Å². The lowest BCUT2D eigenvalue weighted by Gasteiger charge is -2.11. The van der Waals surface area contributed by atoms with E-state index in [2.05, 4.69) is 25.2 Å². The highest BCUT2D eigenvalue weighted by molar-refractivity contribution is 5.28. The molecule has 0 heterocycles. The fourth-order valence-corrected chi connectivity index (χ4v) is 1.43. The van der Waals surface area contributed by atoms with Gasteiger partial charge in [0, 0.05) is 13.1 Å². The van der Waals surface area contributed by atoms with Gasteiger partial charge in [0.15, 0.2) is 0 Å². The Kier molecular flexibility index (Phi) is 6.01. The SMILES string of the molecule is CC(C)COc1cccc(CNCC(C)O)c1. The summed E-state index contributed by atoms with van der Waals surface area (Å²) >= 11 is 0. The summed E-state index contributed by atoms with van der Waals surface area (Å²) in [5.41, 5.74) is 1.17. The molecule has 0 aliphatic rings. The van der Waals surface area contributed by atoms with Crippen molar-refractivity contribution in [2.24, 2.45) is 5.92 Å². The average molecular weight is 237 g/mol. The van der Waals surface area contributed by atoms with Crippen molar-refractivity contribution in [3.8, 4) is 5.75 Å². The quantitative estimate of drug-likeness (QED) is 0.764. The second kappa shape index (κ2) is 7.30. The van der Waals surface area contributed by atoms with Crippen LogP contribution in [0, 0.1) is 5.92 Å². The molecule has 1 rings (SSSR count). The van der Waals surface area contributed by atoms with E-state index in [9.17, 15) is 0 Å². The molecule has 96 valence electrons. The Morgan fingerprint density at radius 2 is 2.06 bits per heavy atom. The monoisotopic (exact) mass is 237 g/mol. The van der Waals surface area contributed by atoms with Crippen molar-refractivity contribution in [1.29, 1.82) is 0 Å². The third-order valence-corrected chi connectivity index (χ3v) is 2.25. The Bertz CT molecular complexity index is 324. The summed E-state index contributed by atoms with van der Waals surface area (Å²) in [6.45, 7) is 8.14. The van der Waals surface area contributed by atoms with Crippen molar-refractivity contribution < 1.29 is 9.84 Å². The zero-order chi connectivity index (χ0) is 12.7. The summed E-state index contributed by atoms with van der Waals surface area (Å²) in [6, 6.07) is 8.06. The molecule has 1 aromatic carbocycles. The molecule has 0 amide bonds. The largest absolute Gasteiger partial charge is 0.493 e. The fraction of sp³-hybridized carbons (Fsp3) is 0.571. The summed E-state index contributed by atoms with van der Waals surface area (Å²) in [5.74, 6) is 1.45. The van der Waals surface area contributed by atoms with Crippen LogP contribution in [-0.2, 0) is 6.54 Å². The topological polar surface area (TPSA) is 41.5 Å². The first kappa shape index (κ1) is 14.0. The van der Waals surface area contributed by atoms with Crippen LogP contribution in [0.15, 0.2) is 24.3 Å². The smallest absolute Gasteiger partial charge is 0.119 e. The normalized spacial score (nSPS) is 12.8. The highest BCUT2D eigenvalue weighted by Crippen LogP contribution is 2.14. The molecule has 1 unspecified atom stereocenters. The summed E-state index contributed by atoms with van der Waals surface area (Å²) in [7, 11) is 0. The summed E-state index contributed by atoms with van der Waals surface area (Å²) in [4.78, 5) is 0. The fourth-order valence-electron chi connectivity index (χ4n) is 1.43. The van der Waals surface area contributed by atoms with Crippen LogP contribution < -0.4 is 10.1 Å². The molecule has 0 fully saturated rings. The van der Waals surface area contributed by atoms with E-state index in [1.807, 2.05) is 18.2 Å². The third kappa shape index (κ3) is 6.29. The van der Waals surface area contributed by atoms with E-state index >= 15 is 0 Å². The highest BCUT2D eigenvalue weighted by Gasteiger charge is 2.00. The van der Waals surface area contributed by atoms with Gasteiger partial charge in [-0.1, -0.05) is 26.0 Å². The maximum Gasteiger partial charge on any atom is 0.119 e. The van der Waals surface area contributed by atoms with E-state index < -0.39 is 0 Å². The van der Waals surface area contributed by atoms with Crippen LogP contribution in [-0.4, -0.2) is 24.4 Å². The predicted molar refractivity (Wildman–Crippen MR) is 70.2 cm³/mol. The molecule has 3 nitrogen and oxygen atoms in total. The lowest BCUT2D eigenvalue weighted by atomic mass is 10.2. The van der Waals surface area contributed by atoms with Gasteiger partial charge in [0.2, 0.25) is 0 Å². The van der Waals surface area contributed by atoms with Crippen molar-refractivity contribution in [3.05, 3.63) is 29.8 Å². The molecule has 0 saturated heterocycles. The molecule has 0 aromatic heterocycles. The summed E-state index contributed by atoms with van der Waals surface area (Å²) in [5, 5.41) is 12.3. The lowest BCUT2D eigenvalue weighted by Crippen LogP contribution is -2.23. The van der Waals surface area contributed by atoms with E-state index in [1.165, 1.54) is 5.56 Å². The van der Waals surface area contributed by atoms with Crippen molar-refractivity contribution in [1.82, 2.24) is 5.32 Å². The Balaban J connectivity index is 2.42. The molecule has 0 spiro atoms. The molecule has 0 bridgehead atoms. The first-order chi connectivity index (χ1) is 8.08. The zero-order valence-electron chi connectivity index (χ0n) is 10.9. The van der Waals surface area contributed by atoms with Crippen LogP contribution in [0.5, 0.6) is 5.75 Å². The van der Waals surface area contributed by atoms with Crippen LogP contribution >= 0.6 is 0 Å². The van der Waals surface area contributed by atoms with Crippen molar-refractivity contribution in [2.45, 2.75) is 33.4 Å². The van der Waals surface area contributed by atoms with Crippen molar-refractivity contribution in [2.75, 3.05) is 13.2 Å². The molecular weight excluding hydrogens is 214 g/mol. The standard InChI is InChI=1S/C14H23NO2/c1-11(2)10-17-14-6-4-5-13(7-14)9-15-8-12(3)16/h4-7,11-12,15-16H,8-10H2,1-3H3. The predicted octanol–water partition coefficient (Wildman–Crippen LogP) is 2.19. The number of ether oxygens (including phenoxy) is 1. The maximum atomic E-state index is 9.14. The van der Waals surface area contributed by atoms with Crippen molar-refractivity contribution >= 4 is 0 Å². The Labute approximate surface area is 104 Å². The number of benzene rings is 1. The second-order valence-corrected chi connectivity index (χ2v) is 4.83. The number of hydrogen-bond donors (Lipinski definition) is 2. The van der Waals surface area contributed by atoms with Gasteiger partial charge in [-0.15, -0.1) is 0 Å². The molecule has 17 heavy (non-hydrogen) atoms. The van der Waals surface area contributed by atoms with E-state index in [-0.39, 0.29) is 6.10 Å². The van der Waals surface area contributed by atoms with Crippen LogP contribution in [0.25, 0.3) is 0 Å². The average Bonchev–Trinajstić information content (AvgIpc) is 2.26. The van der Waals surface area contributed by atoms with Gasteiger partial charge < -0.3 is 15.2 Å². The molecule has 0 radical (unpaired) electrons. The Morgan fingerprint density at radius 3 is 2.71 bits per heavy atom. The summed E-state index contributed by atoms with van der Waals surface area (Å²) in [6.07, 6.45) is -0.310. The van der Waals surface area contributed by atoms with Gasteiger partial charge in [-0.3, -0.25) is 0 Å². The first-order valence-corrected chi connectivity index (χ1v) is 6.18. The molecule has 3 heteroatoms. The number of rotatable bonds is 7. The van der Waals surface area contributed by atoms with Gasteiger partial charge in [0.25, 0.3) is 0 Å². The number of aliphatic hydroxyl groups is 1. The second-order valence-electron chi connectivity index (χ2n) is 4.83. The van der Waals surface area contributed by atoms with E-state index in [4.69, 9.17) is 9.84 Å². The van der Waals surface area contributed by atoms with Crippen LogP contribution in [0.2, 0.25) is 0 Å². The highest BCUT2D eigenvalue weighted by atomic mass is 16.5. The minimum absolute atomic E-state index is 0.310. The van der Waals surface area contributed by atoms with Crippen LogP contribution in [0.4, 0.5) is 0 Å².